The van der Waals surface area contributed by atoms with Crippen LogP contribution in [0.15, 0.2) is 158 Å². The quantitative estimate of drug-likeness (QED) is 0.132. The van der Waals surface area contributed by atoms with Crippen LogP contribution in [-0.2, 0) is 16.8 Å². The minimum Gasteiger partial charge on any atom is -0.444 e. The Kier molecular flexibility index (Phi) is 6.76. The number of nitrogens with zero attached hydrogens (tertiary/aromatic N) is 1. The van der Waals surface area contributed by atoms with Crippen molar-refractivity contribution in [1.29, 1.82) is 0 Å². The number of amides is 1. The number of thiophene rings is 1. The highest BCUT2D eigenvalue weighted by Crippen LogP contribution is 2.66. The SMILES string of the molecule is O=C(OCc1ccccc1)N(I)c1cccc(-c2cccc3c2C2(c4ccccc4-3)c3ccccc3-c3c2ccc2sc4ccccc4c32)c1. The summed E-state index contributed by atoms with van der Waals surface area (Å²) in [6.45, 7) is 0.220. The van der Waals surface area contributed by atoms with Gasteiger partial charge in [0.2, 0.25) is 0 Å². The number of anilines is 1. The molecule has 0 N–H and O–H groups in total. The topological polar surface area (TPSA) is 29.5 Å². The maximum atomic E-state index is 13.3. The fourth-order valence-corrected chi connectivity index (χ4v) is 9.97. The fraction of sp³-hybridized carbons (Fsp3) is 0.0444. The summed E-state index contributed by atoms with van der Waals surface area (Å²) in [6.07, 6.45) is -0.403. The van der Waals surface area contributed by atoms with Gasteiger partial charge in [-0.25, -0.2) is 7.91 Å². The molecule has 7 aromatic carbocycles. The second-order valence-corrected chi connectivity index (χ2v) is 14.9. The first-order valence-corrected chi connectivity index (χ1v) is 18.5. The third kappa shape index (κ3) is 4.17. The molecule has 10 rings (SSSR count). The van der Waals surface area contributed by atoms with Crippen molar-refractivity contribution in [2.45, 2.75) is 12.0 Å². The summed E-state index contributed by atoms with van der Waals surface area (Å²) in [7, 11) is 0. The van der Waals surface area contributed by atoms with E-state index in [1.54, 1.807) is 3.11 Å². The molecule has 1 unspecified atom stereocenters. The Balaban J connectivity index is 1.19. The van der Waals surface area contributed by atoms with Crippen molar-refractivity contribution < 1.29 is 9.53 Å². The average molecular weight is 774 g/mol. The molecule has 1 aromatic heterocycles. The van der Waals surface area contributed by atoms with Gasteiger partial charge in [-0.2, -0.15) is 0 Å². The molecule has 0 aliphatic heterocycles. The lowest BCUT2D eigenvalue weighted by Crippen LogP contribution is -2.26. The lowest BCUT2D eigenvalue weighted by Gasteiger charge is -2.32. The number of benzene rings is 7. The van der Waals surface area contributed by atoms with E-state index in [-0.39, 0.29) is 6.61 Å². The van der Waals surface area contributed by atoms with Gasteiger partial charge in [0.05, 0.1) is 34.0 Å². The first-order chi connectivity index (χ1) is 24.6. The highest BCUT2D eigenvalue weighted by molar-refractivity contribution is 14.1. The molecule has 0 fully saturated rings. The Hall–Kier alpha value is -5.24. The number of carbonyl (C=O) groups is 1. The molecule has 2 aliphatic carbocycles. The summed E-state index contributed by atoms with van der Waals surface area (Å²) < 4.78 is 9.89. The average Bonchev–Trinajstić information content (AvgIpc) is 3.81. The lowest BCUT2D eigenvalue weighted by atomic mass is 9.68. The third-order valence-corrected chi connectivity index (χ3v) is 12.4. The van der Waals surface area contributed by atoms with Crippen LogP contribution in [0.4, 0.5) is 10.5 Å². The van der Waals surface area contributed by atoms with Crippen LogP contribution in [0.25, 0.3) is 53.6 Å². The lowest BCUT2D eigenvalue weighted by molar-refractivity contribution is 0.152. The van der Waals surface area contributed by atoms with E-state index in [9.17, 15) is 4.79 Å². The van der Waals surface area contributed by atoms with Crippen LogP contribution in [0.3, 0.4) is 0 Å². The summed E-state index contributed by atoms with van der Waals surface area (Å²) >= 11 is 3.93. The van der Waals surface area contributed by atoms with Gasteiger partial charge >= 0.3 is 6.09 Å². The zero-order chi connectivity index (χ0) is 33.4. The second kappa shape index (κ2) is 11.4. The second-order valence-electron chi connectivity index (χ2n) is 12.9. The summed E-state index contributed by atoms with van der Waals surface area (Å²) in [5.74, 6) is 0. The summed E-state index contributed by atoms with van der Waals surface area (Å²) in [5.41, 5.74) is 13.8. The van der Waals surface area contributed by atoms with Gasteiger partial charge < -0.3 is 4.74 Å². The van der Waals surface area contributed by atoms with Crippen molar-refractivity contribution in [2.24, 2.45) is 0 Å². The van der Waals surface area contributed by atoms with Crippen LogP contribution < -0.4 is 3.11 Å². The molecule has 0 saturated carbocycles. The number of halogens is 1. The maximum Gasteiger partial charge on any atom is 0.423 e. The normalized spacial score (nSPS) is 15.1. The van der Waals surface area contributed by atoms with Gasteiger partial charge in [-0.1, -0.05) is 133 Å². The largest absolute Gasteiger partial charge is 0.444 e. The van der Waals surface area contributed by atoms with Gasteiger partial charge in [0.15, 0.2) is 0 Å². The third-order valence-electron chi connectivity index (χ3n) is 10.4. The molecule has 50 heavy (non-hydrogen) atoms. The molecule has 5 heteroatoms. The van der Waals surface area contributed by atoms with Crippen LogP contribution in [0.2, 0.25) is 0 Å². The number of hydrogen-bond donors (Lipinski definition) is 0. The molecule has 1 atom stereocenters. The van der Waals surface area contributed by atoms with Crippen LogP contribution in [-0.4, -0.2) is 6.09 Å². The molecule has 2 aliphatic rings. The van der Waals surface area contributed by atoms with Crippen molar-refractivity contribution >= 4 is 66.2 Å². The fourth-order valence-electron chi connectivity index (χ4n) is 8.42. The van der Waals surface area contributed by atoms with E-state index in [2.05, 4.69) is 138 Å². The molecule has 238 valence electrons. The number of rotatable bonds is 4. The van der Waals surface area contributed by atoms with Gasteiger partial charge in [-0.05, 0) is 85.5 Å². The van der Waals surface area contributed by atoms with Crippen LogP contribution >= 0.6 is 34.2 Å². The molecule has 1 amide bonds. The van der Waals surface area contributed by atoms with E-state index >= 15 is 0 Å². The van der Waals surface area contributed by atoms with Crippen molar-refractivity contribution in [2.75, 3.05) is 3.11 Å². The van der Waals surface area contributed by atoms with Crippen molar-refractivity contribution in [3.05, 3.63) is 186 Å². The van der Waals surface area contributed by atoms with Crippen molar-refractivity contribution in [3.63, 3.8) is 0 Å². The highest BCUT2D eigenvalue weighted by atomic mass is 127. The molecule has 0 saturated heterocycles. The van der Waals surface area contributed by atoms with Crippen molar-refractivity contribution in [3.8, 4) is 33.4 Å². The molecular formula is C45H28INO2S. The summed E-state index contributed by atoms with van der Waals surface area (Å²) in [4.78, 5) is 13.3. The van der Waals surface area contributed by atoms with E-state index in [4.69, 9.17) is 4.74 Å². The first-order valence-electron chi connectivity index (χ1n) is 16.7. The number of fused-ring (bicyclic) bond motifs is 14. The van der Waals surface area contributed by atoms with E-state index in [1.165, 1.54) is 64.7 Å². The van der Waals surface area contributed by atoms with Gasteiger partial charge in [-0.15, -0.1) is 11.3 Å². The Morgan fingerprint density at radius 3 is 2.16 bits per heavy atom. The molecule has 1 heterocycles. The minimum absolute atomic E-state index is 0.220. The number of ether oxygens (including phenoxy) is 1. The number of carbonyl (C=O) groups excluding carboxylic acids is 1. The Morgan fingerprint density at radius 1 is 0.620 bits per heavy atom. The summed E-state index contributed by atoms with van der Waals surface area (Å²) in [5, 5.41) is 2.65. The smallest absolute Gasteiger partial charge is 0.423 e. The van der Waals surface area contributed by atoms with Crippen LogP contribution in [0.1, 0.15) is 27.8 Å². The van der Waals surface area contributed by atoms with E-state index in [1.807, 2.05) is 53.8 Å². The standard InChI is InChI=1S/C45H28INO2S/c46-47(44(48)49-27-28-12-2-1-3-13-28)30-15-10-14-29(26-30)31-19-11-20-33-32-16-4-7-21-36(32)45(43(31)33)37-22-8-5-17-34(37)41-38(45)24-25-40-42(41)35-18-6-9-23-39(35)50-40/h1-26H,27H2. The van der Waals surface area contributed by atoms with Gasteiger partial charge in [0.25, 0.3) is 0 Å². The molecule has 0 radical (unpaired) electrons. The Morgan fingerprint density at radius 2 is 1.30 bits per heavy atom. The van der Waals surface area contributed by atoms with Crippen molar-refractivity contribution in [1.82, 2.24) is 0 Å². The monoisotopic (exact) mass is 773 g/mol. The maximum absolute atomic E-state index is 13.3. The zero-order valence-electron chi connectivity index (χ0n) is 26.8. The van der Waals surface area contributed by atoms with E-state index in [0.29, 0.717) is 0 Å². The van der Waals surface area contributed by atoms with Gasteiger partial charge in [0.1, 0.15) is 6.61 Å². The van der Waals surface area contributed by atoms with Gasteiger partial charge in [0, 0.05) is 20.2 Å². The first kappa shape index (κ1) is 29.7. The van der Waals surface area contributed by atoms with Crippen LogP contribution in [0, 0.1) is 0 Å². The Bertz CT molecular complexity index is 2660. The van der Waals surface area contributed by atoms with E-state index in [0.717, 1.165) is 22.4 Å². The predicted octanol–water partition coefficient (Wildman–Crippen LogP) is 12.6. The van der Waals surface area contributed by atoms with Crippen LogP contribution in [0.5, 0.6) is 0 Å². The minimum atomic E-state index is -0.514. The Labute approximate surface area is 307 Å². The summed E-state index contributed by atoms with van der Waals surface area (Å²) in [6, 6.07) is 56.2. The molecule has 0 bridgehead atoms. The molecular weight excluding hydrogens is 745 g/mol. The highest BCUT2D eigenvalue weighted by Gasteiger charge is 2.53. The predicted molar refractivity (Wildman–Crippen MR) is 214 cm³/mol. The number of hydrogen-bond acceptors (Lipinski definition) is 3. The molecule has 1 spiro atoms. The molecule has 8 aromatic rings. The molecule has 3 nitrogen and oxygen atoms in total. The van der Waals surface area contributed by atoms with E-state index < -0.39 is 11.5 Å². The zero-order valence-corrected chi connectivity index (χ0v) is 29.7. The van der Waals surface area contributed by atoms with Gasteiger partial charge in [-0.3, -0.25) is 0 Å².